The summed E-state index contributed by atoms with van der Waals surface area (Å²) in [4.78, 5) is 14.7. The van der Waals surface area contributed by atoms with Gasteiger partial charge < -0.3 is 10.2 Å². The molecule has 1 aromatic carbocycles. The molecule has 0 bridgehead atoms. The van der Waals surface area contributed by atoms with Crippen LogP contribution in [0.2, 0.25) is 5.15 Å². The maximum atomic E-state index is 12.5. The second-order valence-electron chi connectivity index (χ2n) is 7.18. The fourth-order valence-electron chi connectivity index (χ4n) is 4.10. The summed E-state index contributed by atoms with van der Waals surface area (Å²) in [5.74, 6) is 1.40. The van der Waals surface area contributed by atoms with Crippen LogP contribution in [-0.2, 0) is 11.2 Å². The molecule has 0 saturated carbocycles. The minimum atomic E-state index is 0.177. The van der Waals surface area contributed by atoms with Crippen LogP contribution in [0.15, 0.2) is 36.4 Å². The highest BCUT2D eigenvalue weighted by atomic mass is 35.5. The summed E-state index contributed by atoms with van der Waals surface area (Å²) in [5, 5.41) is 11.7. The van der Waals surface area contributed by atoms with E-state index in [0.29, 0.717) is 17.5 Å². The van der Waals surface area contributed by atoms with Crippen LogP contribution < -0.4 is 10.2 Å². The molecule has 1 atom stereocenters. The molecule has 0 radical (unpaired) electrons. The van der Waals surface area contributed by atoms with Gasteiger partial charge >= 0.3 is 0 Å². The molecule has 1 amide bonds. The molecular formula is C20H23ClN4O. The number of carbonyl (C=O) groups is 1. The molecule has 2 aromatic rings. The molecule has 1 aromatic heterocycles. The van der Waals surface area contributed by atoms with E-state index < -0.39 is 0 Å². The number of aryl methyl sites for hydroxylation is 1. The number of halogens is 1. The van der Waals surface area contributed by atoms with E-state index in [1.165, 1.54) is 11.1 Å². The SMILES string of the molecule is O=C(C[C@@H]1CCc2ccccc21)NC1CCN(c2ccc(Cl)nn2)CC1. The summed E-state index contributed by atoms with van der Waals surface area (Å²) in [7, 11) is 0. The van der Waals surface area contributed by atoms with Gasteiger partial charge in [0.2, 0.25) is 5.91 Å². The number of anilines is 1. The molecule has 1 saturated heterocycles. The van der Waals surface area contributed by atoms with Gasteiger partial charge in [0, 0.05) is 25.6 Å². The van der Waals surface area contributed by atoms with Crippen LogP contribution in [0, 0.1) is 0 Å². The molecule has 0 unspecified atom stereocenters. The lowest BCUT2D eigenvalue weighted by molar-refractivity contribution is -0.122. The van der Waals surface area contributed by atoms with Crippen LogP contribution in [0.1, 0.15) is 42.7 Å². The van der Waals surface area contributed by atoms with E-state index in [4.69, 9.17) is 11.6 Å². The van der Waals surface area contributed by atoms with Gasteiger partial charge in [0.1, 0.15) is 0 Å². The molecule has 5 nitrogen and oxygen atoms in total. The average Bonchev–Trinajstić information content (AvgIpc) is 3.06. The first-order valence-corrected chi connectivity index (χ1v) is 9.68. The van der Waals surface area contributed by atoms with Gasteiger partial charge in [-0.05, 0) is 54.9 Å². The number of hydrogen-bond donors (Lipinski definition) is 1. The van der Waals surface area contributed by atoms with Crippen molar-refractivity contribution < 1.29 is 4.79 Å². The zero-order valence-electron chi connectivity index (χ0n) is 14.7. The summed E-state index contributed by atoms with van der Waals surface area (Å²) in [6, 6.07) is 12.4. The summed E-state index contributed by atoms with van der Waals surface area (Å²) in [6.45, 7) is 1.74. The quantitative estimate of drug-likeness (QED) is 0.896. The fraction of sp³-hybridized carbons (Fsp3) is 0.450. The Bertz CT molecular complexity index is 772. The largest absolute Gasteiger partial charge is 0.355 e. The molecule has 26 heavy (non-hydrogen) atoms. The van der Waals surface area contributed by atoms with Crippen molar-refractivity contribution >= 4 is 23.3 Å². The highest BCUT2D eigenvalue weighted by Crippen LogP contribution is 2.35. The Kier molecular flexibility index (Phi) is 5.07. The van der Waals surface area contributed by atoms with Crippen molar-refractivity contribution in [3.63, 3.8) is 0 Å². The molecule has 136 valence electrons. The first kappa shape index (κ1) is 17.3. The fourth-order valence-corrected chi connectivity index (χ4v) is 4.20. The van der Waals surface area contributed by atoms with E-state index in [9.17, 15) is 4.79 Å². The number of benzene rings is 1. The molecule has 6 heteroatoms. The molecule has 1 aliphatic heterocycles. The molecule has 1 N–H and O–H groups in total. The Morgan fingerprint density at radius 3 is 2.69 bits per heavy atom. The maximum Gasteiger partial charge on any atom is 0.220 e. The van der Waals surface area contributed by atoms with Gasteiger partial charge in [-0.2, -0.15) is 0 Å². The van der Waals surface area contributed by atoms with E-state index in [0.717, 1.165) is 44.6 Å². The number of carbonyl (C=O) groups excluding carboxylic acids is 1. The second kappa shape index (κ2) is 7.62. The lowest BCUT2D eigenvalue weighted by Crippen LogP contribution is -2.45. The van der Waals surface area contributed by atoms with Crippen LogP contribution in [0.25, 0.3) is 0 Å². The first-order valence-electron chi connectivity index (χ1n) is 9.30. The molecule has 0 spiro atoms. The van der Waals surface area contributed by atoms with Gasteiger partial charge in [-0.15, -0.1) is 10.2 Å². The first-order chi connectivity index (χ1) is 12.7. The van der Waals surface area contributed by atoms with Gasteiger partial charge in [-0.3, -0.25) is 4.79 Å². The third-order valence-corrected chi connectivity index (χ3v) is 5.69. The predicted molar refractivity (Wildman–Crippen MR) is 103 cm³/mol. The lowest BCUT2D eigenvalue weighted by Gasteiger charge is -2.33. The van der Waals surface area contributed by atoms with Crippen LogP contribution in [0.4, 0.5) is 5.82 Å². The normalized spacial score (nSPS) is 20.0. The van der Waals surface area contributed by atoms with Crippen molar-refractivity contribution in [1.29, 1.82) is 0 Å². The number of nitrogens with zero attached hydrogens (tertiary/aromatic N) is 3. The minimum Gasteiger partial charge on any atom is -0.355 e. The number of piperidine rings is 1. The predicted octanol–water partition coefficient (Wildman–Crippen LogP) is 3.34. The summed E-state index contributed by atoms with van der Waals surface area (Å²) in [5.41, 5.74) is 2.77. The van der Waals surface area contributed by atoms with Crippen molar-refractivity contribution in [2.45, 2.75) is 44.1 Å². The Morgan fingerprint density at radius 1 is 1.12 bits per heavy atom. The number of rotatable bonds is 4. The van der Waals surface area contributed by atoms with E-state index in [1.807, 2.05) is 6.07 Å². The van der Waals surface area contributed by atoms with Gasteiger partial charge in [0.25, 0.3) is 0 Å². The van der Waals surface area contributed by atoms with Gasteiger partial charge in [-0.1, -0.05) is 35.9 Å². The lowest BCUT2D eigenvalue weighted by atomic mass is 9.97. The molecule has 2 aliphatic rings. The molecule has 1 aliphatic carbocycles. The third kappa shape index (κ3) is 3.83. The van der Waals surface area contributed by atoms with Crippen LogP contribution in [0.3, 0.4) is 0 Å². The van der Waals surface area contributed by atoms with E-state index in [2.05, 4.69) is 44.7 Å². The number of hydrogen-bond acceptors (Lipinski definition) is 4. The zero-order chi connectivity index (χ0) is 17.9. The summed E-state index contributed by atoms with van der Waals surface area (Å²) >= 11 is 5.79. The van der Waals surface area contributed by atoms with Crippen molar-refractivity contribution in [2.75, 3.05) is 18.0 Å². The number of nitrogens with one attached hydrogen (secondary N) is 1. The summed E-state index contributed by atoms with van der Waals surface area (Å²) < 4.78 is 0. The van der Waals surface area contributed by atoms with E-state index in [-0.39, 0.29) is 11.9 Å². The van der Waals surface area contributed by atoms with E-state index >= 15 is 0 Å². The van der Waals surface area contributed by atoms with Gasteiger partial charge in [0.15, 0.2) is 11.0 Å². The molecular weight excluding hydrogens is 348 g/mol. The number of fused-ring (bicyclic) bond motifs is 1. The van der Waals surface area contributed by atoms with Crippen LogP contribution in [-0.4, -0.2) is 35.2 Å². The molecule has 1 fully saturated rings. The average molecular weight is 371 g/mol. The Morgan fingerprint density at radius 2 is 1.92 bits per heavy atom. The van der Waals surface area contributed by atoms with Crippen LogP contribution >= 0.6 is 11.6 Å². The monoisotopic (exact) mass is 370 g/mol. The second-order valence-corrected chi connectivity index (χ2v) is 7.57. The van der Waals surface area contributed by atoms with Gasteiger partial charge in [-0.25, -0.2) is 0 Å². The highest BCUT2D eigenvalue weighted by Gasteiger charge is 2.26. The highest BCUT2D eigenvalue weighted by molar-refractivity contribution is 6.29. The number of amides is 1. The van der Waals surface area contributed by atoms with Gasteiger partial charge in [0.05, 0.1) is 0 Å². The smallest absolute Gasteiger partial charge is 0.220 e. The van der Waals surface area contributed by atoms with Crippen molar-refractivity contribution in [2.24, 2.45) is 0 Å². The number of aromatic nitrogens is 2. The topological polar surface area (TPSA) is 58.1 Å². The Hall–Kier alpha value is -2.14. The molecule has 2 heterocycles. The standard InChI is InChI=1S/C20H23ClN4O/c21-18-7-8-19(24-23-18)25-11-9-16(10-12-25)22-20(26)13-15-6-5-14-3-1-2-4-17(14)15/h1-4,7-8,15-16H,5-6,9-13H2,(H,22,26)/t15-/m0/s1. The zero-order valence-corrected chi connectivity index (χ0v) is 15.5. The van der Waals surface area contributed by atoms with Crippen molar-refractivity contribution in [1.82, 2.24) is 15.5 Å². The Balaban J connectivity index is 1.27. The minimum absolute atomic E-state index is 0.177. The van der Waals surface area contributed by atoms with Crippen molar-refractivity contribution in [3.05, 3.63) is 52.7 Å². The van der Waals surface area contributed by atoms with Crippen molar-refractivity contribution in [3.8, 4) is 0 Å². The Labute approximate surface area is 158 Å². The summed E-state index contributed by atoms with van der Waals surface area (Å²) in [6.07, 6.45) is 4.63. The maximum absolute atomic E-state index is 12.5. The van der Waals surface area contributed by atoms with Crippen LogP contribution in [0.5, 0.6) is 0 Å². The molecule has 4 rings (SSSR count). The third-order valence-electron chi connectivity index (χ3n) is 5.49. The van der Waals surface area contributed by atoms with E-state index in [1.54, 1.807) is 6.07 Å².